The first-order chi connectivity index (χ1) is 24.0. The van der Waals surface area contributed by atoms with Crippen LogP contribution in [0.5, 0.6) is 5.88 Å². The van der Waals surface area contributed by atoms with Crippen molar-refractivity contribution in [2.24, 2.45) is 5.92 Å². The number of hydrogen-bond donors (Lipinski definition) is 3. The minimum absolute atomic E-state index is 0.0910. The molecular formula is C36H49F3N6O6. The van der Waals surface area contributed by atoms with Gasteiger partial charge in [0, 0.05) is 49.9 Å². The summed E-state index contributed by atoms with van der Waals surface area (Å²) < 4.78 is 56.5. The molecule has 0 bridgehead atoms. The molecule has 3 atom stereocenters. The summed E-state index contributed by atoms with van der Waals surface area (Å²) >= 11 is 0. The van der Waals surface area contributed by atoms with E-state index in [2.05, 4.69) is 25.8 Å². The number of nitrogens with one attached hydrogen (secondary N) is 3. The molecule has 4 rings (SSSR count). The van der Waals surface area contributed by atoms with Crippen molar-refractivity contribution in [3.63, 3.8) is 0 Å². The van der Waals surface area contributed by atoms with Crippen LogP contribution in [0.1, 0.15) is 76.8 Å². The highest BCUT2D eigenvalue weighted by Crippen LogP contribution is 2.32. The van der Waals surface area contributed by atoms with Crippen LogP contribution in [0.2, 0.25) is 0 Å². The van der Waals surface area contributed by atoms with Crippen LogP contribution < -0.4 is 20.7 Å². The Morgan fingerprint density at radius 3 is 2.20 bits per heavy atom. The Bertz CT molecular complexity index is 1540. The number of halogens is 3. The van der Waals surface area contributed by atoms with E-state index >= 15 is 13.2 Å². The number of aromatic nitrogens is 1. The van der Waals surface area contributed by atoms with E-state index in [1.54, 1.807) is 32.6 Å². The molecule has 1 saturated carbocycles. The second kappa shape index (κ2) is 16.7. The topological polar surface area (TPSA) is 142 Å². The molecule has 0 unspecified atom stereocenters. The molecule has 0 spiro atoms. The highest BCUT2D eigenvalue weighted by Gasteiger charge is 2.44. The number of amides is 4. The van der Waals surface area contributed by atoms with Gasteiger partial charge in [-0.15, -0.1) is 0 Å². The van der Waals surface area contributed by atoms with E-state index in [1.807, 2.05) is 7.05 Å². The van der Waals surface area contributed by atoms with Gasteiger partial charge in [-0.3, -0.25) is 14.4 Å². The van der Waals surface area contributed by atoms with Gasteiger partial charge in [0.1, 0.15) is 23.5 Å². The molecule has 12 nitrogen and oxygen atoms in total. The van der Waals surface area contributed by atoms with Crippen molar-refractivity contribution in [1.82, 2.24) is 25.4 Å². The number of carbonyl (C=O) groups is 4. The van der Waals surface area contributed by atoms with Gasteiger partial charge in [0.25, 0.3) is 5.91 Å². The average molecular weight is 719 g/mol. The second-order valence-electron chi connectivity index (χ2n) is 14.3. The molecular weight excluding hydrogens is 669 g/mol. The molecule has 4 amide bonds. The quantitative estimate of drug-likeness (QED) is 0.301. The third kappa shape index (κ3) is 10.3. The number of hydrogen-bond acceptors (Lipinski definition) is 8. The number of nitrogens with zero attached hydrogens (tertiary/aromatic N) is 3. The van der Waals surface area contributed by atoms with E-state index < -0.39 is 64.7 Å². The molecule has 1 aliphatic heterocycles. The number of ether oxygens (including phenoxy) is 2. The standard InChI is InChI=1S/C36H49F3N6O6/c1-22(29(43-34(49)51-35(2,3)4)32(47)45-18-16-44(5)17-19-45)24-12-14-27(26(37)20-24)41-31(46)30(23-10-8-7-9-11-23)42-33(48)36(38,39)25-13-15-28(50-6)40-21-25/h12-15,20-23,29-30H,7-11,16-19H2,1-6H3,(H,41,46)(H,42,48)(H,43,49)/t22-,29+,30-/m0/s1. The van der Waals surface area contributed by atoms with Gasteiger partial charge in [-0.25, -0.2) is 14.2 Å². The van der Waals surface area contributed by atoms with E-state index in [1.165, 1.54) is 25.3 Å². The number of piperazine rings is 1. The predicted molar refractivity (Wildman–Crippen MR) is 184 cm³/mol. The maximum Gasteiger partial charge on any atom is 0.408 e. The average Bonchev–Trinajstić information content (AvgIpc) is 3.09. The van der Waals surface area contributed by atoms with Gasteiger partial charge < -0.3 is 35.2 Å². The molecule has 2 fully saturated rings. The molecule has 15 heteroatoms. The molecule has 1 aromatic heterocycles. The third-order valence-electron chi connectivity index (χ3n) is 9.31. The normalized spacial score (nSPS) is 17.9. The molecule has 2 aliphatic rings. The number of anilines is 1. The number of likely N-dealkylation sites (N-methyl/N-ethyl adjacent to an activating group) is 1. The van der Waals surface area contributed by atoms with Crippen molar-refractivity contribution in [2.75, 3.05) is 45.7 Å². The van der Waals surface area contributed by atoms with Crippen LogP contribution in [0.4, 0.5) is 23.7 Å². The Morgan fingerprint density at radius 1 is 0.961 bits per heavy atom. The minimum atomic E-state index is -4.01. The molecule has 2 aromatic rings. The lowest BCUT2D eigenvalue weighted by Crippen LogP contribution is -2.56. The van der Waals surface area contributed by atoms with Gasteiger partial charge in [-0.2, -0.15) is 8.78 Å². The van der Waals surface area contributed by atoms with Crippen LogP contribution >= 0.6 is 0 Å². The fourth-order valence-electron chi connectivity index (χ4n) is 6.29. The highest BCUT2D eigenvalue weighted by atomic mass is 19.3. The number of methoxy groups -OCH3 is 1. The van der Waals surface area contributed by atoms with E-state index in [4.69, 9.17) is 9.47 Å². The summed E-state index contributed by atoms with van der Waals surface area (Å²) in [7, 11) is 3.28. The summed E-state index contributed by atoms with van der Waals surface area (Å²) in [5, 5.41) is 7.39. The lowest BCUT2D eigenvalue weighted by atomic mass is 9.83. The minimum Gasteiger partial charge on any atom is -0.481 e. The van der Waals surface area contributed by atoms with Crippen LogP contribution in [0.15, 0.2) is 36.5 Å². The molecule has 1 saturated heterocycles. The van der Waals surface area contributed by atoms with Gasteiger partial charge >= 0.3 is 12.0 Å². The molecule has 3 N–H and O–H groups in total. The van der Waals surface area contributed by atoms with Crippen molar-refractivity contribution in [3.05, 3.63) is 53.5 Å². The molecule has 51 heavy (non-hydrogen) atoms. The number of alkyl halides is 2. The van der Waals surface area contributed by atoms with E-state index in [0.29, 0.717) is 44.6 Å². The first-order valence-electron chi connectivity index (χ1n) is 17.3. The Kier molecular flexibility index (Phi) is 12.9. The Labute approximate surface area is 296 Å². The largest absolute Gasteiger partial charge is 0.481 e. The Balaban J connectivity index is 1.53. The molecule has 0 radical (unpaired) electrons. The Hall–Kier alpha value is -4.40. The summed E-state index contributed by atoms with van der Waals surface area (Å²) in [6.45, 7) is 8.99. The summed E-state index contributed by atoms with van der Waals surface area (Å²) in [6, 6.07) is 3.75. The van der Waals surface area contributed by atoms with Crippen molar-refractivity contribution >= 4 is 29.5 Å². The SMILES string of the molecule is COc1ccc(C(F)(F)C(=O)N[C@H](C(=O)Nc2ccc([C@H](C)[C@@H](NC(=O)OC(C)(C)C)C(=O)N3CCN(C)CC3)cc2F)C2CCCCC2)cn1. The number of pyridine rings is 1. The van der Waals surface area contributed by atoms with Crippen LogP contribution in [0, 0.1) is 11.7 Å². The van der Waals surface area contributed by atoms with Crippen molar-refractivity contribution < 1.29 is 41.8 Å². The van der Waals surface area contributed by atoms with Gasteiger partial charge in [-0.1, -0.05) is 32.3 Å². The van der Waals surface area contributed by atoms with Crippen LogP contribution in [-0.4, -0.2) is 96.6 Å². The Morgan fingerprint density at radius 2 is 1.63 bits per heavy atom. The van der Waals surface area contributed by atoms with Gasteiger partial charge in [0.05, 0.1) is 12.8 Å². The zero-order chi connectivity index (χ0) is 37.5. The maximum atomic E-state index is 15.7. The summed E-state index contributed by atoms with van der Waals surface area (Å²) in [4.78, 5) is 60.6. The zero-order valence-corrected chi connectivity index (χ0v) is 30.1. The van der Waals surface area contributed by atoms with Crippen molar-refractivity contribution in [2.45, 2.75) is 89.3 Å². The van der Waals surface area contributed by atoms with E-state index in [0.717, 1.165) is 37.6 Å². The van der Waals surface area contributed by atoms with Crippen LogP contribution in [-0.2, 0) is 25.0 Å². The smallest absolute Gasteiger partial charge is 0.408 e. The summed E-state index contributed by atoms with van der Waals surface area (Å²) in [6.07, 6.45) is 3.46. The van der Waals surface area contributed by atoms with Crippen LogP contribution in [0.3, 0.4) is 0 Å². The number of benzene rings is 1. The maximum absolute atomic E-state index is 15.7. The van der Waals surface area contributed by atoms with Gasteiger partial charge in [0.15, 0.2) is 0 Å². The first kappa shape index (κ1) is 39.4. The summed E-state index contributed by atoms with van der Waals surface area (Å²) in [5.74, 6) is -8.80. The summed E-state index contributed by atoms with van der Waals surface area (Å²) in [5.41, 5.74) is -1.37. The second-order valence-corrected chi connectivity index (χ2v) is 14.3. The highest BCUT2D eigenvalue weighted by molar-refractivity contribution is 5.98. The van der Waals surface area contributed by atoms with E-state index in [-0.39, 0.29) is 17.5 Å². The monoisotopic (exact) mass is 718 g/mol. The lowest BCUT2D eigenvalue weighted by molar-refractivity contribution is -0.149. The fraction of sp³-hybridized carbons (Fsp3) is 0.583. The number of rotatable bonds is 11. The van der Waals surface area contributed by atoms with Crippen molar-refractivity contribution in [3.8, 4) is 5.88 Å². The van der Waals surface area contributed by atoms with Crippen LogP contribution in [0.25, 0.3) is 0 Å². The number of carbonyl (C=O) groups excluding carboxylic acids is 4. The van der Waals surface area contributed by atoms with Gasteiger partial charge in [-0.05, 0) is 70.3 Å². The van der Waals surface area contributed by atoms with E-state index in [9.17, 15) is 19.2 Å². The molecule has 1 aromatic carbocycles. The lowest BCUT2D eigenvalue weighted by Gasteiger charge is -2.36. The fourth-order valence-corrected chi connectivity index (χ4v) is 6.29. The first-order valence-corrected chi connectivity index (χ1v) is 17.3. The third-order valence-corrected chi connectivity index (χ3v) is 9.31. The molecule has 280 valence electrons. The number of alkyl carbamates (subject to hydrolysis) is 1. The van der Waals surface area contributed by atoms with Gasteiger partial charge in [0.2, 0.25) is 17.7 Å². The van der Waals surface area contributed by atoms with Crippen molar-refractivity contribution in [1.29, 1.82) is 0 Å². The molecule has 1 aliphatic carbocycles. The molecule has 2 heterocycles. The zero-order valence-electron chi connectivity index (χ0n) is 30.1. The predicted octanol–water partition coefficient (Wildman–Crippen LogP) is 4.80.